The molecule has 8 heteroatoms. The zero-order valence-electron chi connectivity index (χ0n) is 8.87. The van der Waals surface area contributed by atoms with Crippen LogP contribution in [0.2, 0.25) is 0 Å². The number of aliphatic carboxylic acids is 1. The summed E-state index contributed by atoms with van der Waals surface area (Å²) in [5, 5.41) is 8.65. The van der Waals surface area contributed by atoms with Crippen LogP contribution in [0.5, 0.6) is 0 Å². The maximum atomic E-state index is 11.9. The zero-order valence-corrected chi connectivity index (χ0v) is 8.87. The van der Waals surface area contributed by atoms with Gasteiger partial charge >= 0.3 is 12.1 Å². The number of morpholine rings is 1. The van der Waals surface area contributed by atoms with Crippen LogP contribution >= 0.6 is 0 Å². The van der Waals surface area contributed by atoms with Crippen molar-refractivity contribution in [2.75, 3.05) is 19.7 Å². The molecular weight excluding hydrogens is 243 g/mol. The number of alkyl halides is 3. The van der Waals surface area contributed by atoms with Gasteiger partial charge in [-0.2, -0.15) is 13.2 Å². The van der Waals surface area contributed by atoms with Crippen molar-refractivity contribution in [3.63, 3.8) is 0 Å². The molecule has 5 nitrogen and oxygen atoms in total. The summed E-state index contributed by atoms with van der Waals surface area (Å²) in [5.74, 6) is -1.92. The molecule has 1 fully saturated rings. The Kier molecular flexibility index (Phi) is 4.33. The van der Waals surface area contributed by atoms with Crippen molar-refractivity contribution in [3.05, 3.63) is 0 Å². The molecule has 1 N–H and O–H groups in total. The van der Waals surface area contributed by atoms with Crippen molar-refractivity contribution in [2.45, 2.75) is 25.1 Å². The summed E-state index contributed by atoms with van der Waals surface area (Å²) in [6.07, 6.45) is -7.39. The van der Waals surface area contributed by atoms with Crippen molar-refractivity contribution in [1.82, 2.24) is 4.90 Å². The average Bonchev–Trinajstić information content (AvgIpc) is 2.25. The van der Waals surface area contributed by atoms with Crippen molar-refractivity contribution < 1.29 is 32.6 Å². The van der Waals surface area contributed by atoms with Gasteiger partial charge < -0.3 is 14.7 Å². The first kappa shape index (κ1) is 13.8. The van der Waals surface area contributed by atoms with Gasteiger partial charge in [-0.15, -0.1) is 0 Å². The van der Waals surface area contributed by atoms with E-state index in [0.717, 1.165) is 4.90 Å². The highest BCUT2D eigenvalue weighted by molar-refractivity contribution is 5.78. The molecule has 0 aromatic rings. The Morgan fingerprint density at radius 1 is 1.41 bits per heavy atom. The first-order valence-electron chi connectivity index (χ1n) is 4.98. The van der Waals surface area contributed by atoms with Gasteiger partial charge in [-0.05, 0) is 0 Å². The van der Waals surface area contributed by atoms with Gasteiger partial charge in [-0.3, -0.25) is 4.79 Å². The third-order valence-electron chi connectivity index (χ3n) is 2.32. The summed E-state index contributed by atoms with van der Waals surface area (Å²) in [5.41, 5.74) is 0. The van der Waals surface area contributed by atoms with Crippen LogP contribution in [0.4, 0.5) is 13.2 Å². The normalized spacial score (nSPS) is 21.4. The summed E-state index contributed by atoms with van der Waals surface area (Å²) >= 11 is 0. The second-order valence-corrected chi connectivity index (χ2v) is 3.65. The van der Waals surface area contributed by atoms with Crippen molar-refractivity contribution in [1.29, 1.82) is 0 Å². The topological polar surface area (TPSA) is 66.8 Å². The number of carboxylic acids is 1. The zero-order chi connectivity index (χ0) is 13.1. The molecule has 0 unspecified atom stereocenters. The van der Waals surface area contributed by atoms with Crippen LogP contribution < -0.4 is 0 Å². The standard InChI is InChI=1S/C9H12F3NO4/c10-9(11,12)2-1-7(14)13-3-4-17-6(5-13)8(15)16/h6H,1-5H2,(H,15,16)/t6-/m1/s1. The lowest BCUT2D eigenvalue weighted by molar-refractivity contribution is -0.162. The number of halogens is 3. The largest absolute Gasteiger partial charge is 0.479 e. The van der Waals surface area contributed by atoms with Gasteiger partial charge in [0, 0.05) is 13.0 Å². The number of ether oxygens (including phenoxy) is 1. The third kappa shape index (κ3) is 4.59. The minimum atomic E-state index is -4.38. The van der Waals surface area contributed by atoms with Crippen LogP contribution in [0.25, 0.3) is 0 Å². The second-order valence-electron chi connectivity index (χ2n) is 3.65. The number of carbonyl (C=O) groups is 2. The summed E-state index contributed by atoms with van der Waals surface area (Å²) in [7, 11) is 0. The van der Waals surface area contributed by atoms with Crippen molar-refractivity contribution in [3.8, 4) is 0 Å². The minimum Gasteiger partial charge on any atom is -0.479 e. The molecule has 0 aliphatic carbocycles. The third-order valence-corrected chi connectivity index (χ3v) is 2.32. The Bertz CT molecular complexity index is 305. The first-order valence-corrected chi connectivity index (χ1v) is 4.98. The minimum absolute atomic E-state index is 0.0225. The van der Waals surface area contributed by atoms with E-state index in [2.05, 4.69) is 0 Å². The van der Waals surface area contributed by atoms with E-state index < -0.39 is 37.0 Å². The summed E-state index contributed by atoms with van der Waals surface area (Å²) in [6, 6.07) is 0. The van der Waals surface area contributed by atoms with Crippen molar-refractivity contribution in [2.24, 2.45) is 0 Å². The molecule has 0 aromatic carbocycles. The number of carbonyl (C=O) groups excluding carboxylic acids is 1. The quantitative estimate of drug-likeness (QED) is 0.803. The maximum Gasteiger partial charge on any atom is 0.389 e. The SMILES string of the molecule is O=C(O)[C@H]1CN(C(=O)CCC(F)(F)F)CCO1. The number of hydrogen-bond donors (Lipinski definition) is 1. The van der Waals surface area contributed by atoms with Gasteiger partial charge in [-0.1, -0.05) is 0 Å². The van der Waals surface area contributed by atoms with Gasteiger partial charge in [0.15, 0.2) is 6.10 Å². The van der Waals surface area contributed by atoms with E-state index in [1.807, 2.05) is 0 Å². The fraction of sp³-hybridized carbons (Fsp3) is 0.778. The molecule has 0 saturated carbocycles. The van der Waals surface area contributed by atoms with E-state index in [0.29, 0.717) is 0 Å². The number of hydrogen-bond acceptors (Lipinski definition) is 3. The highest BCUT2D eigenvalue weighted by Gasteiger charge is 2.32. The summed E-state index contributed by atoms with van der Waals surface area (Å²) < 4.78 is 40.5. The molecule has 1 rings (SSSR count). The Balaban J connectivity index is 2.44. The van der Waals surface area contributed by atoms with E-state index in [1.165, 1.54) is 0 Å². The van der Waals surface area contributed by atoms with Crippen molar-refractivity contribution >= 4 is 11.9 Å². The Hall–Kier alpha value is -1.31. The van der Waals surface area contributed by atoms with Gasteiger partial charge in [0.05, 0.1) is 19.6 Å². The molecule has 0 radical (unpaired) electrons. The number of rotatable bonds is 3. The van der Waals surface area contributed by atoms with Gasteiger partial charge in [0.25, 0.3) is 0 Å². The molecular formula is C9H12F3NO4. The van der Waals surface area contributed by atoms with Crippen LogP contribution in [0.3, 0.4) is 0 Å². The number of amides is 1. The van der Waals surface area contributed by atoms with Gasteiger partial charge in [-0.25, -0.2) is 4.79 Å². The van der Waals surface area contributed by atoms with Gasteiger partial charge in [0.1, 0.15) is 0 Å². The molecule has 1 aliphatic rings. The van der Waals surface area contributed by atoms with E-state index >= 15 is 0 Å². The molecule has 1 amide bonds. The van der Waals surface area contributed by atoms with E-state index in [1.54, 1.807) is 0 Å². The summed E-state index contributed by atoms with van der Waals surface area (Å²) in [4.78, 5) is 23.1. The average molecular weight is 255 g/mol. The lowest BCUT2D eigenvalue weighted by atomic mass is 10.2. The first-order chi connectivity index (χ1) is 7.79. The van der Waals surface area contributed by atoms with E-state index in [4.69, 9.17) is 9.84 Å². The molecule has 17 heavy (non-hydrogen) atoms. The Labute approximate surface area is 95.1 Å². The highest BCUT2D eigenvalue weighted by Crippen LogP contribution is 2.22. The number of nitrogens with zero attached hydrogens (tertiary/aromatic N) is 1. The summed E-state index contributed by atoms with van der Waals surface area (Å²) in [6.45, 7) is -0.0543. The lowest BCUT2D eigenvalue weighted by Gasteiger charge is -2.31. The smallest absolute Gasteiger partial charge is 0.389 e. The predicted molar refractivity (Wildman–Crippen MR) is 49.2 cm³/mol. The van der Waals surface area contributed by atoms with Crippen LogP contribution in [-0.2, 0) is 14.3 Å². The predicted octanol–water partition coefficient (Wildman–Crippen LogP) is 0.641. The molecule has 0 bridgehead atoms. The monoisotopic (exact) mass is 255 g/mol. The Morgan fingerprint density at radius 2 is 2.06 bits per heavy atom. The van der Waals surface area contributed by atoms with Crippen LogP contribution in [0.15, 0.2) is 0 Å². The fourth-order valence-electron chi connectivity index (χ4n) is 1.43. The molecule has 98 valence electrons. The van der Waals surface area contributed by atoms with E-state index in [9.17, 15) is 22.8 Å². The van der Waals surface area contributed by atoms with Crippen LogP contribution in [0.1, 0.15) is 12.8 Å². The maximum absolute atomic E-state index is 11.9. The molecule has 1 aliphatic heterocycles. The highest BCUT2D eigenvalue weighted by atomic mass is 19.4. The van der Waals surface area contributed by atoms with E-state index in [-0.39, 0.29) is 19.7 Å². The molecule has 1 saturated heterocycles. The fourth-order valence-corrected chi connectivity index (χ4v) is 1.43. The van der Waals surface area contributed by atoms with Crippen LogP contribution in [-0.4, -0.2) is 53.9 Å². The lowest BCUT2D eigenvalue weighted by Crippen LogP contribution is -2.48. The van der Waals surface area contributed by atoms with Gasteiger partial charge in [0.2, 0.25) is 5.91 Å². The Morgan fingerprint density at radius 3 is 2.59 bits per heavy atom. The second kappa shape index (κ2) is 5.35. The van der Waals surface area contributed by atoms with Crippen LogP contribution in [0, 0.1) is 0 Å². The molecule has 1 atom stereocenters. The molecule has 0 aromatic heterocycles. The molecule has 0 spiro atoms. The number of carboxylic acid groups (broad SMARTS) is 1. The molecule has 1 heterocycles.